The van der Waals surface area contributed by atoms with E-state index in [2.05, 4.69) is 14.9 Å². The van der Waals surface area contributed by atoms with Crippen LogP contribution in [0.25, 0.3) is 0 Å². The minimum Gasteiger partial charge on any atom is -0.370 e. The van der Waals surface area contributed by atoms with Crippen LogP contribution < -0.4 is 14.9 Å². The molecule has 0 amide bonds. The lowest BCUT2D eigenvalue weighted by Crippen LogP contribution is -2.51. The second-order valence-corrected chi connectivity index (χ2v) is 9.68. The van der Waals surface area contributed by atoms with Gasteiger partial charge in [0.25, 0.3) is 0 Å². The molecule has 28 heavy (non-hydrogen) atoms. The summed E-state index contributed by atoms with van der Waals surface area (Å²) < 4.78 is 26.9. The quantitative estimate of drug-likeness (QED) is 0.572. The Kier molecular flexibility index (Phi) is 5.40. The minimum absolute atomic E-state index is 0.0406. The number of sulfonamides is 1. The third-order valence-electron chi connectivity index (χ3n) is 5.10. The van der Waals surface area contributed by atoms with Crippen LogP contribution in [0.4, 0.5) is 10.8 Å². The SMILES string of the molecule is NC(=NCCS(=O)(=O)N1CCc2ccccc21)N1CCN(c2nccs2)CC1. The molecule has 8 nitrogen and oxygen atoms in total. The van der Waals surface area contributed by atoms with Crippen molar-refractivity contribution in [3.8, 4) is 0 Å². The highest BCUT2D eigenvalue weighted by Gasteiger charge is 2.28. The number of anilines is 2. The number of guanidine groups is 1. The highest BCUT2D eigenvalue weighted by molar-refractivity contribution is 7.92. The lowest BCUT2D eigenvalue weighted by atomic mass is 10.2. The van der Waals surface area contributed by atoms with E-state index in [4.69, 9.17) is 5.73 Å². The molecule has 0 radical (unpaired) electrons. The van der Waals surface area contributed by atoms with Crippen LogP contribution in [0.1, 0.15) is 5.56 Å². The number of hydrogen-bond donors (Lipinski definition) is 1. The summed E-state index contributed by atoms with van der Waals surface area (Å²) in [4.78, 5) is 12.9. The van der Waals surface area contributed by atoms with Crippen LogP contribution in [0.5, 0.6) is 0 Å². The van der Waals surface area contributed by atoms with Crippen LogP contribution in [0.2, 0.25) is 0 Å². The first kappa shape index (κ1) is 19.0. The fourth-order valence-corrected chi connectivity index (χ4v) is 5.67. The fraction of sp³-hybridized carbons (Fsp3) is 0.444. The maximum atomic E-state index is 12.7. The molecular formula is C18H24N6O2S2. The van der Waals surface area contributed by atoms with Crippen LogP contribution in [-0.4, -0.2) is 69.3 Å². The summed E-state index contributed by atoms with van der Waals surface area (Å²) in [6.45, 7) is 3.82. The normalized spacial score (nSPS) is 17.9. The van der Waals surface area contributed by atoms with Gasteiger partial charge in [-0.1, -0.05) is 18.2 Å². The Morgan fingerprint density at radius 2 is 1.96 bits per heavy atom. The molecular weight excluding hydrogens is 396 g/mol. The lowest BCUT2D eigenvalue weighted by molar-refractivity contribution is 0.381. The highest BCUT2D eigenvalue weighted by Crippen LogP contribution is 2.29. The van der Waals surface area contributed by atoms with Crippen molar-refractivity contribution in [1.82, 2.24) is 9.88 Å². The number of aliphatic imine (C=N–C) groups is 1. The Morgan fingerprint density at radius 3 is 2.71 bits per heavy atom. The Hall–Kier alpha value is -2.33. The Labute approximate surface area is 169 Å². The zero-order valence-corrected chi connectivity index (χ0v) is 17.2. The molecule has 4 rings (SSSR count). The average Bonchev–Trinajstić information content (AvgIpc) is 3.38. The second kappa shape index (κ2) is 7.96. The zero-order valence-electron chi connectivity index (χ0n) is 15.6. The first-order chi connectivity index (χ1) is 13.5. The van der Waals surface area contributed by atoms with Crippen LogP contribution in [-0.2, 0) is 16.4 Å². The maximum absolute atomic E-state index is 12.7. The molecule has 2 aliphatic heterocycles. The van der Waals surface area contributed by atoms with Gasteiger partial charge in [0.15, 0.2) is 11.1 Å². The first-order valence-electron chi connectivity index (χ1n) is 9.32. The van der Waals surface area contributed by atoms with Gasteiger partial charge in [-0.05, 0) is 18.1 Å². The van der Waals surface area contributed by atoms with Crippen LogP contribution in [0.3, 0.4) is 0 Å². The molecule has 1 aromatic heterocycles. The molecule has 2 aliphatic rings. The van der Waals surface area contributed by atoms with E-state index in [-0.39, 0.29) is 12.3 Å². The highest BCUT2D eigenvalue weighted by atomic mass is 32.2. The molecule has 3 heterocycles. The summed E-state index contributed by atoms with van der Waals surface area (Å²) in [6, 6.07) is 7.65. The smallest absolute Gasteiger partial charge is 0.237 e. The predicted molar refractivity (Wildman–Crippen MR) is 114 cm³/mol. The van der Waals surface area contributed by atoms with E-state index in [0.29, 0.717) is 12.5 Å². The number of nitrogens with two attached hydrogens (primary N) is 1. The van der Waals surface area contributed by atoms with Gasteiger partial charge in [0.05, 0.1) is 18.0 Å². The van der Waals surface area contributed by atoms with E-state index >= 15 is 0 Å². The third-order valence-corrected chi connectivity index (χ3v) is 7.68. The number of para-hydroxylation sites is 1. The van der Waals surface area contributed by atoms with Gasteiger partial charge in [0, 0.05) is 44.3 Å². The number of fused-ring (bicyclic) bond motifs is 1. The van der Waals surface area contributed by atoms with Crippen LogP contribution >= 0.6 is 11.3 Å². The third kappa shape index (κ3) is 3.93. The number of piperazine rings is 1. The van der Waals surface area contributed by atoms with Crippen molar-refractivity contribution in [2.45, 2.75) is 6.42 Å². The van der Waals surface area contributed by atoms with Crippen molar-refractivity contribution in [3.63, 3.8) is 0 Å². The molecule has 10 heteroatoms. The average molecular weight is 421 g/mol. The summed E-state index contributed by atoms with van der Waals surface area (Å²) in [6.07, 6.45) is 2.56. The van der Waals surface area contributed by atoms with E-state index in [0.717, 1.165) is 49.0 Å². The van der Waals surface area contributed by atoms with E-state index in [1.807, 2.05) is 34.5 Å². The molecule has 1 fully saturated rings. The van der Waals surface area contributed by atoms with Crippen molar-refractivity contribution >= 4 is 38.1 Å². The zero-order chi connectivity index (χ0) is 19.6. The summed E-state index contributed by atoms with van der Waals surface area (Å²) >= 11 is 1.63. The molecule has 0 saturated carbocycles. The van der Waals surface area contributed by atoms with Crippen molar-refractivity contribution in [3.05, 3.63) is 41.4 Å². The number of thiazole rings is 1. The fourth-order valence-electron chi connectivity index (χ4n) is 3.58. The predicted octanol–water partition coefficient (Wildman–Crippen LogP) is 0.972. The van der Waals surface area contributed by atoms with Gasteiger partial charge in [0.1, 0.15) is 0 Å². The van der Waals surface area contributed by atoms with Gasteiger partial charge in [-0.2, -0.15) is 0 Å². The number of benzene rings is 1. The van der Waals surface area contributed by atoms with Crippen molar-refractivity contribution in [2.75, 3.05) is 54.2 Å². The molecule has 2 N–H and O–H groups in total. The van der Waals surface area contributed by atoms with Crippen LogP contribution in [0, 0.1) is 0 Å². The minimum atomic E-state index is -3.40. The molecule has 0 atom stereocenters. The Morgan fingerprint density at radius 1 is 1.18 bits per heavy atom. The van der Waals surface area contributed by atoms with Gasteiger partial charge in [-0.3, -0.25) is 9.30 Å². The van der Waals surface area contributed by atoms with Crippen molar-refractivity contribution < 1.29 is 8.42 Å². The van der Waals surface area contributed by atoms with Crippen molar-refractivity contribution in [1.29, 1.82) is 0 Å². The van der Waals surface area contributed by atoms with E-state index in [9.17, 15) is 8.42 Å². The van der Waals surface area contributed by atoms with Gasteiger partial charge < -0.3 is 15.5 Å². The summed E-state index contributed by atoms with van der Waals surface area (Å²) in [5, 5.41) is 2.99. The summed E-state index contributed by atoms with van der Waals surface area (Å²) in [5.74, 6) is 0.372. The van der Waals surface area contributed by atoms with Gasteiger partial charge in [-0.25, -0.2) is 13.4 Å². The van der Waals surface area contributed by atoms with Gasteiger partial charge >= 0.3 is 0 Å². The molecule has 0 spiro atoms. The van der Waals surface area contributed by atoms with Crippen molar-refractivity contribution in [2.24, 2.45) is 10.7 Å². The van der Waals surface area contributed by atoms with Gasteiger partial charge in [-0.15, -0.1) is 11.3 Å². The standard InChI is InChI=1S/C18H24N6O2S2/c19-17(22-9-11-23(12-10-22)18-21-6-13-27-18)20-7-14-28(25,26)24-8-5-15-3-1-2-4-16(15)24/h1-4,6,13H,5,7-12,14H2,(H2,19,20). The number of hydrogen-bond acceptors (Lipinski definition) is 6. The second-order valence-electron chi connectivity index (χ2n) is 6.80. The Balaban J connectivity index is 1.31. The molecule has 0 bridgehead atoms. The number of aromatic nitrogens is 1. The van der Waals surface area contributed by atoms with Gasteiger partial charge in [0.2, 0.25) is 10.0 Å². The first-order valence-corrected chi connectivity index (χ1v) is 11.8. The molecule has 0 unspecified atom stereocenters. The molecule has 0 aliphatic carbocycles. The van der Waals surface area contributed by atoms with E-state index in [1.165, 1.54) is 4.31 Å². The molecule has 1 saturated heterocycles. The number of nitrogens with zero attached hydrogens (tertiary/aromatic N) is 5. The van der Waals surface area contributed by atoms with E-state index < -0.39 is 10.0 Å². The Bertz CT molecular complexity index is 937. The molecule has 1 aromatic carbocycles. The van der Waals surface area contributed by atoms with Crippen LogP contribution in [0.15, 0.2) is 40.8 Å². The molecule has 2 aromatic rings. The largest absolute Gasteiger partial charge is 0.370 e. The number of rotatable bonds is 5. The summed E-state index contributed by atoms with van der Waals surface area (Å²) in [7, 11) is -3.40. The maximum Gasteiger partial charge on any atom is 0.237 e. The molecule has 150 valence electrons. The van der Waals surface area contributed by atoms with E-state index in [1.54, 1.807) is 17.5 Å². The topological polar surface area (TPSA) is 95.1 Å². The summed E-state index contributed by atoms with van der Waals surface area (Å²) in [5.41, 5.74) is 7.97. The lowest BCUT2D eigenvalue weighted by Gasteiger charge is -2.35. The monoisotopic (exact) mass is 420 g/mol.